The van der Waals surface area contributed by atoms with Crippen molar-refractivity contribution in [2.45, 2.75) is 27.7 Å². The molecule has 2 amide bonds. The van der Waals surface area contributed by atoms with Gasteiger partial charge in [0.1, 0.15) is 5.76 Å². The van der Waals surface area contributed by atoms with Crippen LogP contribution < -0.4 is 10.2 Å². The first-order valence-corrected chi connectivity index (χ1v) is 11.7. The molecular formula is C23H26NO6P. The summed E-state index contributed by atoms with van der Waals surface area (Å²) in [6.07, 6.45) is 0. The van der Waals surface area contributed by atoms with Gasteiger partial charge < -0.3 is 13.8 Å². The van der Waals surface area contributed by atoms with Crippen LogP contribution in [0.1, 0.15) is 38.8 Å². The second-order valence-electron chi connectivity index (χ2n) is 6.70. The van der Waals surface area contributed by atoms with Crippen molar-refractivity contribution in [3.05, 3.63) is 59.7 Å². The van der Waals surface area contributed by atoms with Crippen molar-refractivity contribution >= 4 is 41.7 Å². The molecule has 1 aliphatic rings. The van der Waals surface area contributed by atoms with Crippen molar-refractivity contribution in [3.63, 3.8) is 0 Å². The number of fused-ring (bicyclic) bond motifs is 1. The average molecular weight is 443 g/mol. The number of hydrogen-bond acceptors (Lipinski definition) is 6. The van der Waals surface area contributed by atoms with E-state index in [-0.39, 0.29) is 18.8 Å². The molecule has 3 rings (SSSR count). The molecule has 0 saturated heterocycles. The van der Waals surface area contributed by atoms with Crippen LogP contribution in [-0.4, -0.2) is 31.6 Å². The van der Waals surface area contributed by atoms with Gasteiger partial charge in [-0.05, 0) is 39.0 Å². The molecule has 0 fully saturated rings. The quantitative estimate of drug-likeness (QED) is 0.342. The standard InChI is InChI=1S/C23H26NO6P/c1-5-28-22(17-11-9-8-10-12-17)21-19-15-18(31(27,29-6-2)30-7-3)13-14-20(19)24(16(4)25)23(21)26/h8-15H,5-7H2,1-4H3. The Morgan fingerprint density at radius 1 is 0.968 bits per heavy atom. The predicted molar refractivity (Wildman–Crippen MR) is 120 cm³/mol. The Labute approximate surface area is 182 Å². The number of benzene rings is 2. The minimum atomic E-state index is -3.59. The fourth-order valence-corrected chi connectivity index (χ4v) is 5.11. The lowest BCUT2D eigenvalue weighted by molar-refractivity contribution is -0.122. The molecule has 0 aromatic heterocycles. The van der Waals surface area contributed by atoms with Crippen molar-refractivity contribution in [3.8, 4) is 0 Å². The monoisotopic (exact) mass is 443 g/mol. The number of imide groups is 1. The SMILES string of the molecule is CCOC(=C1C(=O)N(C(C)=O)c2ccc(P(=O)(OCC)OCC)cc21)c1ccccc1. The molecule has 0 N–H and O–H groups in total. The third-order valence-electron chi connectivity index (χ3n) is 4.69. The number of anilines is 1. The molecule has 0 atom stereocenters. The van der Waals surface area contributed by atoms with E-state index in [1.54, 1.807) is 32.0 Å². The second-order valence-corrected chi connectivity index (χ2v) is 8.72. The summed E-state index contributed by atoms with van der Waals surface area (Å²) in [5, 5.41) is 0.314. The number of ether oxygens (including phenoxy) is 1. The maximum atomic E-state index is 13.3. The van der Waals surface area contributed by atoms with Crippen LogP contribution in [0.25, 0.3) is 11.3 Å². The smallest absolute Gasteiger partial charge is 0.361 e. The number of rotatable bonds is 8. The summed E-state index contributed by atoms with van der Waals surface area (Å²) >= 11 is 0. The van der Waals surface area contributed by atoms with Crippen LogP contribution in [0.4, 0.5) is 5.69 Å². The highest BCUT2D eigenvalue weighted by molar-refractivity contribution is 7.62. The Kier molecular flexibility index (Phi) is 7.11. The molecule has 0 spiro atoms. The summed E-state index contributed by atoms with van der Waals surface area (Å²) in [4.78, 5) is 26.7. The molecule has 0 radical (unpaired) electrons. The number of hydrogen-bond donors (Lipinski definition) is 0. The van der Waals surface area contributed by atoms with E-state index in [4.69, 9.17) is 13.8 Å². The molecule has 0 unspecified atom stereocenters. The van der Waals surface area contributed by atoms with Crippen molar-refractivity contribution in [2.75, 3.05) is 24.7 Å². The summed E-state index contributed by atoms with van der Waals surface area (Å²) < 4.78 is 30.1. The van der Waals surface area contributed by atoms with E-state index in [0.29, 0.717) is 34.5 Å². The van der Waals surface area contributed by atoms with Crippen molar-refractivity contribution in [1.29, 1.82) is 0 Å². The maximum Gasteiger partial charge on any atom is 0.361 e. The zero-order valence-corrected chi connectivity index (χ0v) is 19.0. The van der Waals surface area contributed by atoms with Crippen LogP contribution in [0, 0.1) is 0 Å². The van der Waals surface area contributed by atoms with Crippen LogP contribution in [0.2, 0.25) is 0 Å². The Morgan fingerprint density at radius 2 is 1.61 bits per heavy atom. The van der Waals surface area contributed by atoms with Gasteiger partial charge in [0, 0.05) is 18.1 Å². The Morgan fingerprint density at radius 3 is 2.16 bits per heavy atom. The summed E-state index contributed by atoms with van der Waals surface area (Å²) in [6.45, 7) is 7.33. The lowest BCUT2D eigenvalue weighted by Crippen LogP contribution is -2.31. The first-order chi connectivity index (χ1) is 14.9. The van der Waals surface area contributed by atoms with Crippen molar-refractivity contribution in [2.24, 2.45) is 0 Å². The van der Waals surface area contributed by atoms with Crippen LogP contribution in [0.3, 0.4) is 0 Å². The van der Waals surface area contributed by atoms with Crippen LogP contribution in [0.5, 0.6) is 0 Å². The number of carbonyl (C=O) groups excluding carboxylic acids is 2. The van der Waals surface area contributed by atoms with Gasteiger partial charge in [-0.25, -0.2) is 4.90 Å². The van der Waals surface area contributed by atoms with E-state index in [0.717, 1.165) is 4.90 Å². The number of nitrogens with zero attached hydrogens (tertiary/aromatic N) is 1. The van der Waals surface area contributed by atoms with E-state index in [2.05, 4.69) is 0 Å². The van der Waals surface area contributed by atoms with E-state index in [1.807, 2.05) is 37.3 Å². The molecule has 2 aromatic rings. The highest BCUT2D eigenvalue weighted by Gasteiger charge is 2.40. The Hall–Kier alpha value is -2.73. The highest BCUT2D eigenvalue weighted by Crippen LogP contribution is 2.49. The minimum Gasteiger partial charge on any atom is -0.492 e. The molecule has 31 heavy (non-hydrogen) atoms. The second kappa shape index (κ2) is 9.60. The fourth-order valence-electron chi connectivity index (χ4n) is 3.52. The number of carbonyl (C=O) groups is 2. The molecule has 164 valence electrons. The molecule has 0 aliphatic carbocycles. The molecule has 0 bridgehead atoms. The summed E-state index contributed by atoms with van der Waals surface area (Å²) in [5.74, 6) is -0.553. The first kappa shape index (κ1) is 22.9. The molecule has 1 heterocycles. The fraction of sp³-hybridized carbons (Fsp3) is 0.304. The van der Waals surface area contributed by atoms with Crippen LogP contribution >= 0.6 is 7.60 Å². The van der Waals surface area contributed by atoms with Gasteiger partial charge in [-0.3, -0.25) is 14.2 Å². The van der Waals surface area contributed by atoms with Gasteiger partial charge in [0.25, 0.3) is 5.91 Å². The Bertz CT molecular complexity index is 1050. The summed E-state index contributed by atoms with van der Waals surface area (Å²) in [7, 11) is -3.59. The molecule has 2 aromatic carbocycles. The summed E-state index contributed by atoms with van der Waals surface area (Å²) in [6, 6.07) is 14.0. The van der Waals surface area contributed by atoms with Gasteiger partial charge in [0.2, 0.25) is 5.91 Å². The molecular weight excluding hydrogens is 417 g/mol. The highest BCUT2D eigenvalue weighted by atomic mass is 31.2. The van der Waals surface area contributed by atoms with Crippen molar-refractivity contribution in [1.82, 2.24) is 0 Å². The van der Waals surface area contributed by atoms with Crippen LogP contribution in [0.15, 0.2) is 48.5 Å². The third-order valence-corrected chi connectivity index (χ3v) is 6.80. The van der Waals surface area contributed by atoms with Crippen molar-refractivity contribution < 1.29 is 27.9 Å². The Balaban J connectivity index is 2.30. The predicted octanol–water partition coefficient (Wildman–Crippen LogP) is 4.38. The molecule has 0 saturated carbocycles. The van der Waals surface area contributed by atoms with Gasteiger partial charge >= 0.3 is 7.60 Å². The van der Waals surface area contributed by atoms with E-state index >= 15 is 0 Å². The number of amides is 2. The lowest BCUT2D eigenvalue weighted by atomic mass is 10.0. The molecule has 7 nitrogen and oxygen atoms in total. The normalized spacial score (nSPS) is 15.1. The zero-order chi connectivity index (χ0) is 22.6. The third kappa shape index (κ3) is 4.35. The van der Waals surface area contributed by atoms with Crippen LogP contribution in [-0.2, 0) is 27.9 Å². The van der Waals surface area contributed by atoms with E-state index < -0.39 is 19.4 Å². The lowest BCUT2D eigenvalue weighted by Gasteiger charge is -2.18. The summed E-state index contributed by atoms with van der Waals surface area (Å²) in [5.41, 5.74) is 1.79. The molecule has 8 heteroatoms. The van der Waals surface area contributed by atoms with E-state index in [1.165, 1.54) is 6.92 Å². The zero-order valence-electron chi connectivity index (χ0n) is 18.1. The largest absolute Gasteiger partial charge is 0.492 e. The van der Waals surface area contributed by atoms with E-state index in [9.17, 15) is 14.2 Å². The minimum absolute atomic E-state index is 0.198. The van der Waals surface area contributed by atoms with Gasteiger partial charge in [0.15, 0.2) is 0 Å². The maximum absolute atomic E-state index is 13.3. The topological polar surface area (TPSA) is 82.1 Å². The molecule has 1 aliphatic heterocycles. The van der Waals surface area contributed by atoms with Gasteiger partial charge in [-0.1, -0.05) is 30.3 Å². The van der Waals surface area contributed by atoms with Gasteiger partial charge in [-0.15, -0.1) is 0 Å². The first-order valence-electron chi connectivity index (χ1n) is 10.2. The van der Waals surface area contributed by atoms with Gasteiger partial charge in [-0.2, -0.15) is 0 Å². The van der Waals surface area contributed by atoms with Gasteiger partial charge in [0.05, 0.1) is 36.4 Å². The average Bonchev–Trinajstić information content (AvgIpc) is 3.04.